The number of ether oxygens (including phenoxy) is 1. The van der Waals surface area contributed by atoms with Crippen LogP contribution >= 0.6 is 0 Å². The molecule has 25 heavy (non-hydrogen) atoms. The number of fused-ring (bicyclic) bond motifs is 3. The minimum Gasteiger partial charge on any atom is -0.491 e. The van der Waals surface area contributed by atoms with Crippen molar-refractivity contribution in [1.82, 2.24) is 14.4 Å². The van der Waals surface area contributed by atoms with E-state index in [-0.39, 0.29) is 14.0 Å². The summed E-state index contributed by atoms with van der Waals surface area (Å²) >= 11 is 0. The topological polar surface area (TPSA) is 65.4 Å². The third-order valence-corrected chi connectivity index (χ3v) is 3.79. The third kappa shape index (κ3) is 3.10. The molecule has 128 valence electrons. The highest BCUT2D eigenvalue weighted by Gasteiger charge is 2.08. The smallest absolute Gasteiger partial charge is 0.235 e. The zero-order valence-electron chi connectivity index (χ0n) is 12.8. The fourth-order valence-corrected chi connectivity index (χ4v) is 2.65. The van der Waals surface area contributed by atoms with Crippen LogP contribution in [0.4, 0.5) is 10.1 Å². The molecule has 0 amide bonds. The molecule has 2 aromatic carbocycles. The van der Waals surface area contributed by atoms with E-state index >= 15 is 0 Å². The maximum Gasteiger partial charge on any atom is 0.235 e. The lowest BCUT2D eigenvalue weighted by atomic mass is 10.1. The Morgan fingerprint density at radius 3 is 2.60 bits per heavy atom. The molecule has 0 aliphatic rings. The van der Waals surface area contributed by atoms with E-state index < -0.39 is 6.67 Å². The van der Waals surface area contributed by atoms with Crippen molar-refractivity contribution < 1.29 is 9.13 Å². The van der Waals surface area contributed by atoms with Gasteiger partial charge in [0.2, 0.25) is 5.78 Å². The highest BCUT2D eigenvalue weighted by Crippen LogP contribution is 2.23. The number of halogens is 1. The first-order valence-corrected chi connectivity index (χ1v) is 7.58. The summed E-state index contributed by atoms with van der Waals surface area (Å²) in [5, 5.41) is 0. The molecule has 0 fully saturated rings. The zero-order valence-corrected chi connectivity index (χ0v) is 12.8. The molecule has 0 saturated carbocycles. The summed E-state index contributed by atoms with van der Waals surface area (Å²) in [7, 11) is 0. The van der Waals surface area contributed by atoms with Gasteiger partial charge < -0.3 is 10.5 Å². The highest BCUT2D eigenvalue weighted by molar-refractivity contribution is 5.83. The van der Waals surface area contributed by atoms with Gasteiger partial charge >= 0.3 is 0 Å². The molecule has 0 atom stereocenters. The van der Waals surface area contributed by atoms with Crippen LogP contribution in [-0.4, -0.2) is 27.7 Å². The average molecular weight is 338 g/mol. The van der Waals surface area contributed by atoms with Crippen LogP contribution in [0.3, 0.4) is 0 Å². The number of rotatable bonds is 4. The van der Waals surface area contributed by atoms with Crippen molar-refractivity contribution in [2.24, 2.45) is 0 Å². The number of hydrogen-bond donors (Lipinski definition) is 1. The Kier molecular flexibility index (Phi) is 4.52. The summed E-state index contributed by atoms with van der Waals surface area (Å²) in [6.45, 7) is -0.439. The van der Waals surface area contributed by atoms with E-state index in [1.807, 2.05) is 47.0 Å². The van der Waals surface area contributed by atoms with Crippen LogP contribution < -0.4 is 10.5 Å². The van der Waals surface area contributed by atoms with Gasteiger partial charge in [-0.2, -0.15) is 0 Å². The number of alkyl halides is 1. The van der Waals surface area contributed by atoms with Crippen molar-refractivity contribution in [2.45, 2.75) is 7.43 Å². The molecule has 2 N–H and O–H groups in total. The monoisotopic (exact) mass is 338 g/mol. The molecule has 0 aliphatic carbocycles. The standard InChI is InChI=1S/C18H15FN4O.CH4/c19-8-10-24-14-4-1-12(2-5-14)15-7-9-23-17-11-13(20)3-6-16(17)22-18(23)21-15;/h1-7,9,11H,8,10,20H2;1H4. The zero-order chi connectivity index (χ0) is 16.5. The first-order chi connectivity index (χ1) is 11.7. The predicted molar refractivity (Wildman–Crippen MR) is 98.5 cm³/mol. The number of benzene rings is 2. The summed E-state index contributed by atoms with van der Waals surface area (Å²) < 4.78 is 19.3. The molecule has 2 aromatic heterocycles. The van der Waals surface area contributed by atoms with E-state index in [0.29, 0.717) is 17.2 Å². The van der Waals surface area contributed by atoms with Crippen molar-refractivity contribution in [2.75, 3.05) is 19.0 Å². The number of imidazole rings is 1. The Morgan fingerprint density at radius 1 is 1.04 bits per heavy atom. The minimum absolute atomic E-state index is 0. The Bertz CT molecular complexity index is 1010. The number of aromatic nitrogens is 3. The molecule has 6 heteroatoms. The number of nitrogens with two attached hydrogens (primary N) is 1. The maximum absolute atomic E-state index is 12.1. The second kappa shape index (κ2) is 6.76. The lowest BCUT2D eigenvalue weighted by molar-refractivity contribution is 0.273. The van der Waals surface area contributed by atoms with Crippen molar-refractivity contribution in [3.8, 4) is 17.0 Å². The molecule has 2 heterocycles. The van der Waals surface area contributed by atoms with Gasteiger partial charge in [-0.05, 0) is 48.5 Å². The van der Waals surface area contributed by atoms with E-state index in [1.54, 1.807) is 12.1 Å². The van der Waals surface area contributed by atoms with Crippen LogP contribution in [-0.2, 0) is 0 Å². The van der Waals surface area contributed by atoms with Crippen LogP contribution in [0.1, 0.15) is 7.43 Å². The van der Waals surface area contributed by atoms with Gasteiger partial charge in [0.05, 0.1) is 16.7 Å². The second-order valence-electron chi connectivity index (χ2n) is 5.40. The molecule has 4 rings (SSSR count). The molecule has 0 radical (unpaired) electrons. The van der Waals surface area contributed by atoms with Gasteiger partial charge in [0.15, 0.2) is 0 Å². The van der Waals surface area contributed by atoms with E-state index in [2.05, 4.69) is 9.97 Å². The number of nitrogen functional groups attached to an aromatic ring is 1. The van der Waals surface area contributed by atoms with Gasteiger partial charge in [0.25, 0.3) is 0 Å². The lowest BCUT2D eigenvalue weighted by Gasteiger charge is -2.05. The molecule has 0 bridgehead atoms. The quantitative estimate of drug-likeness (QED) is 0.569. The van der Waals surface area contributed by atoms with Gasteiger partial charge in [0.1, 0.15) is 19.0 Å². The fraction of sp³-hybridized carbons (Fsp3) is 0.158. The first-order valence-electron chi connectivity index (χ1n) is 7.58. The highest BCUT2D eigenvalue weighted by atomic mass is 19.1. The summed E-state index contributed by atoms with van der Waals surface area (Å²) in [6.07, 6.45) is 1.93. The van der Waals surface area contributed by atoms with Gasteiger partial charge in [-0.1, -0.05) is 7.43 Å². The van der Waals surface area contributed by atoms with Crippen LogP contribution in [0.15, 0.2) is 54.7 Å². The summed E-state index contributed by atoms with van der Waals surface area (Å²) in [5.41, 5.74) is 10.1. The largest absolute Gasteiger partial charge is 0.491 e. The Balaban J connectivity index is 0.00000182. The molecule has 0 unspecified atom stereocenters. The molecule has 5 nitrogen and oxygen atoms in total. The minimum atomic E-state index is -0.502. The fourth-order valence-electron chi connectivity index (χ4n) is 2.65. The van der Waals surface area contributed by atoms with Gasteiger partial charge in [0, 0.05) is 17.4 Å². The predicted octanol–water partition coefficient (Wildman–Crippen LogP) is 4.12. The SMILES string of the molecule is C.Nc1ccc2nc3nc(-c4ccc(OCCF)cc4)ccn3c2c1. The molecule has 0 spiro atoms. The number of anilines is 1. The Hall–Kier alpha value is -3.15. The van der Waals surface area contributed by atoms with Crippen molar-refractivity contribution >= 4 is 22.5 Å². The van der Waals surface area contributed by atoms with Crippen LogP contribution in [0, 0.1) is 0 Å². The van der Waals surface area contributed by atoms with Crippen molar-refractivity contribution in [1.29, 1.82) is 0 Å². The molecular formula is C19H19FN4O. The molecule has 0 aliphatic heterocycles. The van der Waals surface area contributed by atoms with Crippen molar-refractivity contribution in [3.05, 3.63) is 54.7 Å². The van der Waals surface area contributed by atoms with E-state index in [0.717, 1.165) is 22.3 Å². The van der Waals surface area contributed by atoms with Crippen LogP contribution in [0.5, 0.6) is 5.75 Å². The molecule has 0 saturated heterocycles. The Labute approximate surface area is 144 Å². The summed E-state index contributed by atoms with van der Waals surface area (Å²) in [5.74, 6) is 1.25. The van der Waals surface area contributed by atoms with Gasteiger partial charge in [-0.15, -0.1) is 0 Å². The lowest BCUT2D eigenvalue weighted by Crippen LogP contribution is -1.98. The maximum atomic E-state index is 12.1. The number of hydrogen-bond acceptors (Lipinski definition) is 4. The molecular weight excluding hydrogens is 319 g/mol. The summed E-state index contributed by atoms with van der Waals surface area (Å²) in [4.78, 5) is 9.14. The van der Waals surface area contributed by atoms with Gasteiger partial charge in [-0.3, -0.25) is 4.40 Å². The second-order valence-corrected chi connectivity index (χ2v) is 5.40. The normalized spacial score (nSPS) is 10.8. The third-order valence-electron chi connectivity index (χ3n) is 3.79. The van der Waals surface area contributed by atoms with Crippen LogP contribution in [0.25, 0.3) is 28.1 Å². The van der Waals surface area contributed by atoms with E-state index in [4.69, 9.17) is 10.5 Å². The van der Waals surface area contributed by atoms with E-state index in [1.165, 1.54) is 0 Å². The summed E-state index contributed by atoms with van der Waals surface area (Å²) in [6, 6.07) is 14.9. The van der Waals surface area contributed by atoms with E-state index in [9.17, 15) is 4.39 Å². The Morgan fingerprint density at radius 2 is 1.84 bits per heavy atom. The van der Waals surface area contributed by atoms with Gasteiger partial charge in [-0.25, -0.2) is 14.4 Å². The number of nitrogens with zero attached hydrogens (tertiary/aromatic N) is 3. The average Bonchev–Trinajstić information content (AvgIpc) is 2.97. The first kappa shape index (κ1) is 16.7. The van der Waals surface area contributed by atoms with Crippen LogP contribution in [0.2, 0.25) is 0 Å². The van der Waals surface area contributed by atoms with Crippen molar-refractivity contribution in [3.63, 3.8) is 0 Å². The molecule has 4 aromatic rings.